The van der Waals surface area contributed by atoms with Crippen molar-refractivity contribution in [2.45, 2.75) is 19.4 Å². The lowest BCUT2D eigenvalue weighted by atomic mass is 10.1. The van der Waals surface area contributed by atoms with Crippen LogP contribution in [-0.4, -0.2) is 49.6 Å². The predicted molar refractivity (Wildman–Crippen MR) is 83.6 cm³/mol. The second-order valence-corrected chi connectivity index (χ2v) is 7.52. The molecule has 0 radical (unpaired) electrons. The lowest BCUT2D eigenvalue weighted by Crippen LogP contribution is -2.27. The highest BCUT2D eigenvalue weighted by atomic mass is 32.2. The minimum Gasteiger partial charge on any atom is -0.395 e. The number of sulfone groups is 1. The molecule has 0 unspecified atom stereocenters. The van der Waals surface area contributed by atoms with Crippen LogP contribution in [0.3, 0.4) is 0 Å². The molecule has 1 aliphatic rings. The molecule has 0 bridgehead atoms. The molecule has 1 saturated heterocycles. The van der Waals surface area contributed by atoms with E-state index in [0.717, 1.165) is 24.2 Å². The van der Waals surface area contributed by atoms with Crippen molar-refractivity contribution in [3.05, 3.63) is 35.4 Å². The van der Waals surface area contributed by atoms with Gasteiger partial charge < -0.3 is 5.11 Å². The molecular formula is C16H21NO3S. The first-order chi connectivity index (χ1) is 10.1. The van der Waals surface area contributed by atoms with Crippen LogP contribution in [0.1, 0.15) is 24.0 Å². The predicted octanol–water partition coefficient (Wildman–Crippen LogP) is 1.04. The summed E-state index contributed by atoms with van der Waals surface area (Å²) in [7, 11) is -2.87. The average Bonchev–Trinajstić information content (AvgIpc) is 2.62. The molecular weight excluding hydrogens is 286 g/mol. The second-order valence-electron chi connectivity index (χ2n) is 5.21. The zero-order valence-corrected chi connectivity index (χ0v) is 12.9. The molecule has 0 saturated carbocycles. The summed E-state index contributed by atoms with van der Waals surface area (Å²) in [6.45, 7) is 2.18. The van der Waals surface area contributed by atoms with Crippen LogP contribution in [0.2, 0.25) is 0 Å². The molecule has 1 fully saturated rings. The first-order valence-corrected chi connectivity index (χ1v) is 9.03. The maximum atomic E-state index is 11.6. The summed E-state index contributed by atoms with van der Waals surface area (Å²) >= 11 is 0. The SMILES string of the molecule is O=S1(=O)CCCN(Cc2ccccc2C#CCCO)CC1. The van der Waals surface area contributed by atoms with Gasteiger partial charge in [0.25, 0.3) is 0 Å². The molecule has 0 atom stereocenters. The van der Waals surface area contributed by atoms with Crippen LogP contribution in [0.25, 0.3) is 0 Å². The van der Waals surface area contributed by atoms with Crippen molar-refractivity contribution in [3.63, 3.8) is 0 Å². The first-order valence-electron chi connectivity index (χ1n) is 7.21. The van der Waals surface area contributed by atoms with Gasteiger partial charge in [-0.1, -0.05) is 30.0 Å². The summed E-state index contributed by atoms with van der Waals surface area (Å²) in [4.78, 5) is 2.18. The Morgan fingerprint density at radius 3 is 2.81 bits per heavy atom. The normalized spacial score (nSPS) is 18.5. The van der Waals surface area contributed by atoms with Crippen molar-refractivity contribution in [3.8, 4) is 11.8 Å². The zero-order chi connectivity index (χ0) is 15.1. The highest BCUT2D eigenvalue weighted by Crippen LogP contribution is 2.13. The van der Waals surface area contributed by atoms with Gasteiger partial charge in [0.1, 0.15) is 0 Å². The van der Waals surface area contributed by atoms with Crippen LogP contribution in [0.4, 0.5) is 0 Å². The van der Waals surface area contributed by atoms with Crippen LogP contribution in [0.15, 0.2) is 24.3 Å². The van der Waals surface area contributed by atoms with Gasteiger partial charge in [-0.25, -0.2) is 8.42 Å². The van der Waals surface area contributed by atoms with Gasteiger partial charge in [-0.2, -0.15) is 0 Å². The van der Waals surface area contributed by atoms with E-state index < -0.39 is 9.84 Å². The number of aliphatic hydroxyl groups is 1. The van der Waals surface area contributed by atoms with Gasteiger partial charge in [0, 0.05) is 25.1 Å². The van der Waals surface area contributed by atoms with E-state index in [4.69, 9.17) is 5.11 Å². The molecule has 114 valence electrons. The molecule has 1 heterocycles. The fourth-order valence-electron chi connectivity index (χ4n) is 2.38. The Morgan fingerprint density at radius 1 is 1.19 bits per heavy atom. The van der Waals surface area contributed by atoms with Crippen molar-refractivity contribution >= 4 is 9.84 Å². The number of hydrogen-bond donors (Lipinski definition) is 1. The molecule has 21 heavy (non-hydrogen) atoms. The van der Waals surface area contributed by atoms with E-state index in [9.17, 15) is 8.42 Å². The van der Waals surface area contributed by atoms with Crippen molar-refractivity contribution in [1.82, 2.24) is 4.90 Å². The van der Waals surface area contributed by atoms with Crippen LogP contribution >= 0.6 is 0 Å². The van der Waals surface area contributed by atoms with Crippen LogP contribution in [0, 0.1) is 11.8 Å². The van der Waals surface area contributed by atoms with Gasteiger partial charge in [-0.05, 0) is 24.6 Å². The van der Waals surface area contributed by atoms with Crippen LogP contribution in [-0.2, 0) is 16.4 Å². The van der Waals surface area contributed by atoms with E-state index in [1.807, 2.05) is 24.3 Å². The summed E-state index contributed by atoms with van der Waals surface area (Å²) < 4.78 is 23.3. The van der Waals surface area contributed by atoms with Crippen molar-refractivity contribution in [2.75, 3.05) is 31.2 Å². The molecule has 2 rings (SSSR count). The Balaban J connectivity index is 2.08. The maximum Gasteiger partial charge on any atom is 0.151 e. The number of aliphatic hydroxyl groups excluding tert-OH is 1. The molecule has 0 amide bonds. The standard InChI is InChI=1S/C16H21NO3S/c18-11-4-3-7-15-6-1-2-8-16(15)14-17-9-5-12-21(19,20)13-10-17/h1-2,6,8,18H,4-5,9-14H2. The third-order valence-electron chi connectivity index (χ3n) is 3.52. The average molecular weight is 307 g/mol. The maximum absolute atomic E-state index is 11.6. The van der Waals surface area contributed by atoms with E-state index >= 15 is 0 Å². The van der Waals surface area contributed by atoms with Gasteiger partial charge in [0.2, 0.25) is 0 Å². The van der Waals surface area contributed by atoms with E-state index in [1.54, 1.807) is 0 Å². The van der Waals surface area contributed by atoms with Gasteiger partial charge in [-0.15, -0.1) is 0 Å². The molecule has 0 aliphatic carbocycles. The van der Waals surface area contributed by atoms with Crippen molar-refractivity contribution in [2.24, 2.45) is 0 Å². The third-order valence-corrected chi connectivity index (χ3v) is 5.23. The van der Waals surface area contributed by atoms with Gasteiger partial charge >= 0.3 is 0 Å². The molecule has 5 heteroatoms. The summed E-state index contributed by atoms with van der Waals surface area (Å²) in [5.74, 6) is 6.56. The molecule has 0 aromatic heterocycles. The minimum absolute atomic E-state index is 0.0686. The quantitative estimate of drug-likeness (QED) is 0.848. The number of benzene rings is 1. The lowest BCUT2D eigenvalue weighted by Gasteiger charge is -2.19. The molecule has 1 N–H and O–H groups in total. The monoisotopic (exact) mass is 307 g/mol. The van der Waals surface area contributed by atoms with Crippen molar-refractivity contribution < 1.29 is 13.5 Å². The number of nitrogens with zero attached hydrogens (tertiary/aromatic N) is 1. The Morgan fingerprint density at radius 2 is 2.00 bits per heavy atom. The fourth-order valence-corrected chi connectivity index (χ4v) is 3.69. The largest absolute Gasteiger partial charge is 0.395 e. The smallest absolute Gasteiger partial charge is 0.151 e. The van der Waals surface area contributed by atoms with Gasteiger partial charge in [-0.3, -0.25) is 4.90 Å². The Labute approximate surface area is 126 Å². The second kappa shape index (κ2) is 7.60. The summed E-state index contributed by atoms with van der Waals surface area (Å²) in [6, 6.07) is 7.91. The molecule has 1 aromatic rings. The zero-order valence-electron chi connectivity index (χ0n) is 12.1. The van der Waals surface area contributed by atoms with Gasteiger partial charge in [0.15, 0.2) is 9.84 Å². The van der Waals surface area contributed by atoms with E-state index in [2.05, 4.69) is 16.7 Å². The first kappa shape index (κ1) is 16.0. The molecule has 1 aromatic carbocycles. The fraction of sp³-hybridized carbons (Fsp3) is 0.500. The molecule has 1 aliphatic heterocycles. The Kier molecular flexibility index (Phi) is 5.80. The third kappa shape index (κ3) is 5.16. The number of hydrogen-bond acceptors (Lipinski definition) is 4. The summed E-state index contributed by atoms with van der Waals surface area (Å²) in [6.07, 6.45) is 1.16. The molecule has 4 nitrogen and oxygen atoms in total. The van der Waals surface area contributed by atoms with Crippen LogP contribution in [0.5, 0.6) is 0 Å². The van der Waals surface area contributed by atoms with Crippen molar-refractivity contribution in [1.29, 1.82) is 0 Å². The highest BCUT2D eigenvalue weighted by Gasteiger charge is 2.19. The Bertz CT molecular complexity index is 628. The van der Waals surface area contributed by atoms with Gasteiger partial charge in [0.05, 0.1) is 18.1 Å². The highest BCUT2D eigenvalue weighted by molar-refractivity contribution is 7.91. The Hall–Kier alpha value is -1.35. The van der Waals surface area contributed by atoms with E-state index in [0.29, 0.717) is 25.1 Å². The summed E-state index contributed by atoms with van der Waals surface area (Å²) in [5, 5.41) is 8.79. The van der Waals surface area contributed by atoms with E-state index in [-0.39, 0.29) is 12.4 Å². The van der Waals surface area contributed by atoms with E-state index in [1.165, 1.54) is 0 Å². The number of rotatable bonds is 3. The lowest BCUT2D eigenvalue weighted by molar-refractivity contribution is 0.287. The summed E-state index contributed by atoms with van der Waals surface area (Å²) in [5.41, 5.74) is 2.07. The van der Waals surface area contributed by atoms with Crippen LogP contribution < -0.4 is 0 Å². The topological polar surface area (TPSA) is 57.6 Å². The molecule has 0 spiro atoms. The minimum atomic E-state index is -2.87.